The lowest BCUT2D eigenvalue weighted by Gasteiger charge is -2.05. The number of esters is 2. The van der Waals surface area contributed by atoms with Gasteiger partial charge >= 0.3 is 11.9 Å². The van der Waals surface area contributed by atoms with Crippen molar-refractivity contribution < 1.29 is 19.1 Å². The van der Waals surface area contributed by atoms with E-state index >= 15 is 0 Å². The Hall–Kier alpha value is -3.01. The van der Waals surface area contributed by atoms with Crippen LogP contribution in [-0.4, -0.2) is 26.2 Å². The lowest BCUT2D eigenvalue weighted by atomic mass is 10.0. The number of carbonyl (C=O) groups is 2. The van der Waals surface area contributed by atoms with Crippen molar-refractivity contribution in [1.82, 2.24) is 0 Å². The van der Waals surface area contributed by atoms with Gasteiger partial charge in [0.2, 0.25) is 0 Å². The normalized spacial score (nSPS) is 11.2. The second-order valence-corrected chi connectivity index (χ2v) is 13.0. The van der Waals surface area contributed by atoms with Crippen LogP contribution in [0.4, 0.5) is 0 Å². The number of rotatable bonds is 6. The molecule has 2 atom stereocenters. The van der Waals surface area contributed by atoms with E-state index in [9.17, 15) is 9.59 Å². The highest BCUT2D eigenvalue weighted by Gasteiger charge is 2.06. The summed E-state index contributed by atoms with van der Waals surface area (Å²) in [4.78, 5) is 22.1. The Kier molecular flexibility index (Phi) is 21.8. The lowest BCUT2D eigenvalue weighted by Crippen LogP contribution is -2.06. The first-order chi connectivity index (χ1) is 21.7. The van der Waals surface area contributed by atoms with Crippen LogP contribution in [0.1, 0.15) is 108 Å². The molecule has 4 rings (SSSR count). The van der Waals surface area contributed by atoms with Gasteiger partial charge in [-0.3, -0.25) is 0 Å². The van der Waals surface area contributed by atoms with Crippen molar-refractivity contribution in [2.24, 2.45) is 11.5 Å². The van der Waals surface area contributed by atoms with E-state index in [0.717, 1.165) is 14.5 Å². The van der Waals surface area contributed by atoms with Crippen LogP contribution < -0.4 is 11.5 Å². The number of halogens is 3. The molecule has 0 spiro atoms. The Morgan fingerprint density at radius 2 is 0.723 bits per heavy atom. The van der Waals surface area contributed by atoms with Crippen molar-refractivity contribution in [3.63, 3.8) is 0 Å². The number of nitrogens with two attached hydrogens (primary N) is 2. The first-order valence-corrected chi connectivity index (χ1v) is 16.7. The summed E-state index contributed by atoms with van der Waals surface area (Å²) in [5, 5.41) is 0. The van der Waals surface area contributed by atoms with E-state index < -0.39 is 0 Å². The molecule has 0 bridgehead atoms. The zero-order valence-electron chi connectivity index (χ0n) is 28.5. The van der Waals surface area contributed by atoms with Crippen molar-refractivity contribution in [3.8, 4) is 0 Å². The standard InChI is InChI=1S/C11H14O2.C10H13NO2.C9H11Br.C8H10BrN.ClH/c1-8(2)9-4-6-10(7-5-9)11(12)13-3;1-7(11)8-3-5-9(6-4-8)10(12)13-2;1-7(2)8-3-5-9(10)6-4-8;1-6(10)7-2-4-8(9)5-3-7;/h4-8H,1-3H3;3-7H,11H2,1-2H3;3-7H,1-2H3;2-6H,10H2,1H3;1H/t;7-;;6-;/m.0.0./s1. The van der Waals surface area contributed by atoms with Crippen LogP contribution in [-0.2, 0) is 9.47 Å². The fourth-order valence-corrected chi connectivity index (χ4v) is 4.31. The Morgan fingerprint density at radius 3 is 0.957 bits per heavy atom. The van der Waals surface area contributed by atoms with Crippen LogP contribution in [0.3, 0.4) is 0 Å². The Labute approximate surface area is 304 Å². The number of carbonyl (C=O) groups excluding carboxylic acids is 2. The predicted octanol–water partition coefficient (Wildman–Crippen LogP) is 10.6. The highest BCUT2D eigenvalue weighted by molar-refractivity contribution is 9.10. The largest absolute Gasteiger partial charge is 0.465 e. The smallest absolute Gasteiger partial charge is 0.337 e. The third-order valence-electron chi connectivity index (χ3n) is 6.79. The van der Waals surface area contributed by atoms with E-state index in [-0.39, 0.29) is 36.4 Å². The summed E-state index contributed by atoms with van der Waals surface area (Å²) in [5.74, 6) is 0.520. The van der Waals surface area contributed by atoms with E-state index in [1.807, 2.05) is 62.4 Å². The third-order valence-corrected chi connectivity index (χ3v) is 7.85. The summed E-state index contributed by atoms with van der Waals surface area (Å²) in [6.07, 6.45) is 0. The minimum atomic E-state index is -0.323. The van der Waals surface area contributed by atoms with Gasteiger partial charge < -0.3 is 20.9 Å². The molecule has 0 aliphatic heterocycles. The second-order valence-electron chi connectivity index (χ2n) is 11.2. The Balaban J connectivity index is 0.000000600. The fourth-order valence-electron chi connectivity index (χ4n) is 3.78. The molecule has 4 aromatic rings. The quantitative estimate of drug-likeness (QED) is 0.188. The molecule has 0 aliphatic carbocycles. The van der Waals surface area contributed by atoms with E-state index in [4.69, 9.17) is 11.5 Å². The molecule has 0 fully saturated rings. The number of methoxy groups -OCH3 is 2. The molecule has 4 N–H and O–H groups in total. The minimum Gasteiger partial charge on any atom is -0.465 e. The molecule has 256 valence electrons. The van der Waals surface area contributed by atoms with Gasteiger partial charge in [0.15, 0.2) is 0 Å². The fraction of sp³-hybridized carbons (Fsp3) is 0.316. The van der Waals surface area contributed by atoms with Crippen LogP contribution in [0.15, 0.2) is 106 Å². The SMILES string of the molecule is CC(C)c1ccc(Br)cc1.COC(=O)c1ccc(C(C)C)cc1.COC(=O)c1ccc([C@H](C)N)cc1.C[C@H](N)c1ccc(Br)cc1.Cl. The molecule has 0 saturated heterocycles. The highest BCUT2D eigenvalue weighted by atomic mass is 79.9. The average Bonchev–Trinajstić information content (AvgIpc) is 3.05. The number of hydrogen-bond donors (Lipinski definition) is 2. The van der Waals surface area contributed by atoms with Crippen molar-refractivity contribution >= 4 is 56.2 Å². The molecule has 4 aromatic carbocycles. The topological polar surface area (TPSA) is 105 Å². The van der Waals surface area contributed by atoms with E-state index in [1.54, 1.807) is 24.3 Å². The monoisotopic (exact) mass is 790 g/mol. The summed E-state index contributed by atoms with van der Waals surface area (Å²) in [6.45, 7) is 12.5. The second kappa shape index (κ2) is 23.3. The number of hydrogen-bond acceptors (Lipinski definition) is 6. The maximum absolute atomic E-state index is 11.1. The Bertz CT molecular complexity index is 1330. The number of ether oxygens (including phenoxy) is 2. The maximum atomic E-state index is 11.1. The van der Waals surface area contributed by atoms with E-state index in [2.05, 4.69) is 93.3 Å². The molecule has 0 saturated carbocycles. The van der Waals surface area contributed by atoms with Gasteiger partial charge in [-0.15, -0.1) is 12.4 Å². The number of benzene rings is 4. The molecule has 6 nitrogen and oxygen atoms in total. The van der Waals surface area contributed by atoms with Gasteiger partial charge in [-0.2, -0.15) is 0 Å². The minimum absolute atomic E-state index is 0. The van der Waals surface area contributed by atoms with Gasteiger partial charge in [-0.25, -0.2) is 9.59 Å². The summed E-state index contributed by atoms with van der Waals surface area (Å²) in [5.41, 5.74) is 17.3. The van der Waals surface area contributed by atoms with Crippen molar-refractivity contribution in [3.05, 3.63) is 139 Å². The van der Waals surface area contributed by atoms with Crippen LogP contribution in [0.5, 0.6) is 0 Å². The predicted molar refractivity (Wildman–Crippen MR) is 204 cm³/mol. The van der Waals surface area contributed by atoms with Gasteiger partial charge in [0.1, 0.15) is 0 Å². The molecule has 9 heteroatoms. The maximum Gasteiger partial charge on any atom is 0.337 e. The van der Waals surface area contributed by atoms with Crippen molar-refractivity contribution in [2.45, 2.75) is 65.5 Å². The first-order valence-electron chi connectivity index (χ1n) is 15.1. The average molecular weight is 793 g/mol. The summed E-state index contributed by atoms with van der Waals surface area (Å²) in [6, 6.07) is 31.2. The van der Waals surface area contributed by atoms with Crippen LogP contribution in [0.25, 0.3) is 0 Å². The summed E-state index contributed by atoms with van der Waals surface area (Å²) in [7, 11) is 2.75. The van der Waals surface area contributed by atoms with Crippen molar-refractivity contribution in [2.75, 3.05) is 14.2 Å². The molecule has 0 amide bonds. The van der Waals surface area contributed by atoms with Gasteiger partial charge in [-0.1, -0.05) is 108 Å². The highest BCUT2D eigenvalue weighted by Crippen LogP contribution is 2.18. The lowest BCUT2D eigenvalue weighted by molar-refractivity contribution is 0.0592. The Morgan fingerprint density at radius 1 is 0.489 bits per heavy atom. The molecule has 0 unspecified atom stereocenters. The first kappa shape index (κ1) is 44.0. The molecule has 0 aromatic heterocycles. The molecule has 0 heterocycles. The molecular weight excluding hydrogens is 744 g/mol. The van der Waals surface area contributed by atoms with Crippen LogP contribution in [0, 0.1) is 0 Å². The zero-order chi connectivity index (χ0) is 34.8. The van der Waals surface area contributed by atoms with E-state index in [1.165, 1.54) is 30.9 Å². The van der Waals surface area contributed by atoms with Gasteiger partial charge in [0.05, 0.1) is 25.3 Å². The van der Waals surface area contributed by atoms with E-state index in [0.29, 0.717) is 23.0 Å². The molecule has 0 aliphatic rings. The van der Waals surface area contributed by atoms with Crippen LogP contribution >= 0.6 is 44.3 Å². The van der Waals surface area contributed by atoms with Crippen LogP contribution in [0.2, 0.25) is 0 Å². The molecular formula is C38H49Br2ClN2O4. The molecule has 0 radical (unpaired) electrons. The summed E-state index contributed by atoms with van der Waals surface area (Å²) >= 11 is 6.75. The zero-order valence-corrected chi connectivity index (χ0v) is 32.5. The van der Waals surface area contributed by atoms with Gasteiger partial charge in [-0.05, 0) is 96.5 Å². The van der Waals surface area contributed by atoms with Gasteiger partial charge in [0.25, 0.3) is 0 Å². The van der Waals surface area contributed by atoms with Crippen molar-refractivity contribution in [1.29, 1.82) is 0 Å². The third kappa shape index (κ3) is 17.1. The summed E-state index contributed by atoms with van der Waals surface area (Å²) < 4.78 is 11.4. The van der Waals surface area contributed by atoms with Gasteiger partial charge in [0, 0.05) is 21.0 Å². The molecule has 47 heavy (non-hydrogen) atoms.